The number of carbonyl (C=O) groups excluding carboxylic acids is 1. The van der Waals surface area contributed by atoms with Gasteiger partial charge in [0.25, 0.3) is 5.91 Å². The standard InChI is InChI=1S/C17H16BrCl2NO2/c1-17(23-2,11-4-3-5-13(19)8-11)10-21-16(22)14-9-12(18)6-7-15(14)20/h3-9H,10H2,1-2H3,(H,21,22). The summed E-state index contributed by atoms with van der Waals surface area (Å²) in [7, 11) is 1.60. The summed E-state index contributed by atoms with van der Waals surface area (Å²) in [5, 5.41) is 3.88. The van der Waals surface area contributed by atoms with Gasteiger partial charge >= 0.3 is 0 Å². The van der Waals surface area contributed by atoms with E-state index in [1.54, 1.807) is 31.4 Å². The van der Waals surface area contributed by atoms with Crippen LogP contribution in [0.25, 0.3) is 0 Å². The fourth-order valence-electron chi connectivity index (χ4n) is 2.13. The van der Waals surface area contributed by atoms with Crippen molar-refractivity contribution in [1.82, 2.24) is 5.32 Å². The Hall–Kier alpha value is -1.07. The molecule has 0 fully saturated rings. The zero-order valence-corrected chi connectivity index (χ0v) is 15.8. The first-order valence-corrected chi connectivity index (χ1v) is 8.45. The minimum absolute atomic E-state index is 0.262. The van der Waals surface area contributed by atoms with Crippen LogP contribution in [-0.4, -0.2) is 19.6 Å². The summed E-state index contributed by atoms with van der Waals surface area (Å²) in [5.41, 5.74) is 0.595. The van der Waals surface area contributed by atoms with Crippen LogP contribution in [0.1, 0.15) is 22.8 Å². The van der Waals surface area contributed by atoms with Crippen LogP contribution >= 0.6 is 39.1 Å². The fraction of sp³-hybridized carbons (Fsp3) is 0.235. The molecule has 0 radical (unpaired) electrons. The van der Waals surface area contributed by atoms with Crippen molar-refractivity contribution in [2.24, 2.45) is 0 Å². The van der Waals surface area contributed by atoms with Gasteiger partial charge in [0.1, 0.15) is 5.60 Å². The Bertz CT molecular complexity index is 723. The number of rotatable bonds is 5. The van der Waals surface area contributed by atoms with Crippen LogP contribution < -0.4 is 5.32 Å². The second kappa shape index (κ2) is 7.67. The van der Waals surface area contributed by atoms with Gasteiger partial charge in [0, 0.05) is 16.6 Å². The van der Waals surface area contributed by atoms with E-state index in [4.69, 9.17) is 27.9 Å². The fourth-order valence-corrected chi connectivity index (χ4v) is 2.88. The number of nitrogens with one attached hydrogen (secondary N) is 1. The minimum Gasteiger partial charge on any atom is -0.372 e. The van der Waals surface area contributed by atoms with Crippen molar-refractivity contribution >= 4 is 45.0 Å². The third kappa shape index (κ3) is 4.48. The molecule has 23 heavy (non-hydrogen) atoms. The van der Waals surface area contributed by atoms with Gasteiger partial charge in [0.15, 0.2) is 0 Å². The van der Waals surface area contributed by atoms with Crippen LogP contribution in [0.3, 0.4) is 0 Å². The molecule has 2 rings (SSSR count). The highest BCUT2D eigenvalue weighted by Crippen LogP contribution is 2.27. The molecule has 0 bridgehead atoms. The van der Waals surface area contributed by atoms with Crippen molar-refractivity contribution in [2.75, 3.05) is 13.7 Å². The van der Waals surface area contributed by atoms with Crippen molar-refractivity contribution < 1.29 is 9.53 Å². The second-order valence-electron chi connectivity index (χ2n) is 5.25. The van der Waals surface area contributed by atoms with Crippen molar-refractivity contribution in [1.29, 1.82) is 0 Å². The molecule has 0 aromatic heterocycles. The highest BCUT2D eigenvalue weighted by Gasteiger charge is 2.27. The molecular weight excluding hydrogens is 401 g/mol. The molecule has 1 unspecified atom stereocenters. The van der Waals surface area contributed by atoms with E-state index in [2.05, 4.69) is 21.2 Å². The molecular formula is C17H16BrCl2NO2. The molecule has 6 heteroatoms. The lowest BCUT2D eigenvalue weighted by Gasteiger charge is -2.29. The average molecular weight is 417 g/mol. The van der Waals surface area contributed by atoms with E-state index in [1.165, 1.54) is 0 Å². The van der Waals surface area contributed by atoms with Gasteiger partial charge in [0.2, 0.25) is 0 Å². The summed E-state index contributed by atoms with van der Waals surface area (Å²) in [5.74, 6) is -0.262. The molecule has 0 aliphatic rings. The predicted molar refractivity (Wildman–Crippen MR) is 97.3 cm³/mol. The summed E-state index contributed by atoms with van der Waals surface area (Å²) in [4.78, 5) is 12.4. The quantitative estimate of drug-likeness (QED) is 0.740. The molecule has 0 saturated carbocycles. The number of carbonyl (C=O) groups is 1. The van der Waals surface area contributed by atoms with E-state index < -0.39 is 5.60 Å². The SMILES string of the molecule is COC(C)(CNC(=O)c1cc(Br)ccc1Cl)c1cccc(Cl)c1. The number of ether oxygens (including phenoxy) is 1. The van der Waals surface area contributed by atoms with Crippen LogP contribution in [0.5, 0.6) is 0 Å². The predicted octanol–water partition coefficient (Wildman–Crippen LogP) is 5.05. The van der Waals surface area contributed by atoms with Gasteiger partial charge in [-0.25, -0.2) is 0 Å². The van der Waals surface area contributed by atoms with E-state index in [0.717, 1.165) is 10.0 Å². The second-order valence-corrected chi connectivity index (χ2v) is 7.01. The molecule has 0 saturated heterocycles. The number of benzene rings is 2. The highest BCUT2D eigenvalue weighted by atomic mass is 79.9. The highest BCUT2D eigenvalue weighted by molar-refractivity contribution is 9.10. The maximum atomic E-state index is 12.4. The van der Waals surface area contributed by atoms with Crippen LogP contribution in [0.15, 0.2) is 46.9 Å². The Labute approximate surface area is 154 Å². The molecule has 1 N–H and O–H groups in total. The van der Waals surface area contributed by atoms with Gasteiger partial charge < -0.3 is 10.1 Å². The monoisotopic (exact) mass is 415 g/mol. The lowest BCUT2D eigenvalue weighted by atomic mass is 9.95. The Morgan fingerprint density at radius 2 is 2.00 bits per heavy atom. The maximum absolute atomic E-state index is 12.4. The molecule has 1 amide bonds. The zero-order chi connectivity index (χ0) is 17.0. The summed E-state index contributed by atoms with van der Waals surface area (Å²) in [6.45, 7) is 2.17. The maximum Gasteiger partial charge on any atom is 0.252 e. The molecule has 0 aliphatic heterocycles. The van der Waals surface area contributed by atoms with Crippen LogP contribution in [0.4, 0.5) is 0 Å². The molecule has 0 heterocycles. The Balaban J connectivity index is 2.17. The Kier molecular flexibility index (Phi) is 6.09. The lowest BCUT2D eigenvalue weighted by Crippen LogP contribution is -2.40. The molecule has 2 aromatic rings. The average Bonchev–Trinajstić information content (AvgIpc) is 2.54. The summed E-state index contributed by atoms with van der Waals surface area (Å²) in [6.07, 6.45) is 0. The number of amides is 1. The number of hydrogen-bond donors (Lipinski definition) is 1. The Morgan fingerprint density at radius 3 is 2.65 bits per heavy atom. The third-order valence-corrected chi connectivity index (χ3v) is 4.70. The first-order chi connectivity index (χ1) is 10.9. The van der Waals surface area contributed by atoms with Crippen molar-refractivity contribution in [3.63, 3.8) is 0 Å². The van der Waals surface area contributed by atoms with Crippen molar-refractivity contribution in [3.05, 3.63) is 68.1 Å². The first kappa shape index (κ1) is 18.3. The van der Waals surface area contributed by atoms with Gasteiger partial charge in [-0.2, -0.15) is 0 Å². The van der Waals surface area contributed by atoms with Gasteiger partial charge in [-0.1, -0.05) is 51.3 Å². The van der Waals surface area contributed by atoms with Crippen molar-refractivity contribution in [2.45, 2.75) is 12.5 Å². The van der Waals surface area contributed by atoms with Gasteiger partial charge in [0.05, 0.1) is 17.1 Å². The normalized spacial score (nSPS) is 13.4. The minimum atomic E-state index is -0.695. The van der Waals surface area contributed by atoms with E-state index in [1.807, 2.05) is 25.1 Å². The number of hydrogen-bond acceptors (Lipinski definition) is 2. The van der Waals surface area contributed by atoms with Crippen LogP contribution in [0, 0.1) is 0 Å². The molecule has 1 atom stereocenters. The van der Waals surface area contributed by atoms with Crippen molar-refractivity contribution in [3.8, 4) is 0 Å². The van der Waals surface area contributed by atoms with Gasteiger partial charge in [-0.05, 0) is 42.8 Å². The smallest absolute Gasteiger partial charge is 0.252 e. The van der Waals surface area contributed by atoms with E-state index in [0.29, 0.717) is 15.6 Å². The van der Waals surface area contributed by atoms with E-state index >= 15 is 0 Å². The van der Waals surface area contributed by atoms with E-state index in [-0.39, 0.29) is 12.5 Å². The van der Waals surface area contributed by atoms with Gasteiger partial charge in [-0.3, -0.25) is 4.79 Å². The third-order valence-electron chi connectivity index (χ3n) is 3.65. The Morgan fingerprint density at radius 1 is 1.26 bits per heavy atom. The molecule has 0 spiro atoms. The van der Waals surface area contributed by atoms with Crippen LogP contribution in [0.2, 0.25) is 10.0 Å². The number of methoxy groups -OCH3 is 1. The zero-order valence-electron chi connectivity index (χ0n) is 12.7. The van der Waals surface area contributed by atoms with E-state index in [9.17, 15) is 4.79 Å². The number of halogens is 3. The molecule has 0 aliphatic carbocycles. The lowest BCUT2D eigenvalue weighted by molar-refractivity contribution is 0.00315. The summed E-state index contributed by atoms with van der Waals surface area (Å²) in [6, 6.07) is 12.5. The summed E-state index contributed by atoms with van der Waals surface area (Å²) < 4.78 is 6.39. The largest absolute Gasteiger partial charge is 0.372 e. The summed E-state index contributed by atoms with van der Waals surface area (Å²) >= 11 is 15.5. The van der Waals surface area contributed by atoms with Gasteiger partial charge in [-0.15, -0.1) is 0 Å². The molecule has 2 aromatic carbocycles. The molecule has 3 nitrogen and oxygen atoms in total. The molecule has 122 valence electrons. The first-order valence-electron chi connectivity index (χ1n) is 6.90. The topological polar surface area (TPSA) is 38.3 Å². The van der Waals surface area contributed by atoms with Crippen LogP contribution in [-0.2, 0) is 10.3 Å².